The minimum Gasteiger partial charge on any atom is -0.410 e. The lowest BCUT2D eigenvalue weighted by Crippen LogP contribution is -2.36. The second-order valence-electron chi connectivity index (χ2n) is 6.65. The maximum atomic E-state index is 14.1. The molecule has 0 aliphatic carbocycles. The molecule has 1 amide bonds. The van der Waals surface area contributed by atoms with Crippen LogP contribution in [0.5, 0.6) is 5.75 Å². The van der Waals surface area contributed by atoms with Gasteiger partial charge < -0.3 is 15.0 Å². The fourth-order valence-electron chi connectivity index (χ4n) is 3.19. The number of hydrogen-bond acceptors (Lipinski definition) is 4. The van der Waals surface area contributed by atoms with E-state index in [1.807, 2.05) is 12.1 Å². The molecule has 1 aliphatic rings. The second kappa shape index (κ2) is 7.19. The Labute approximate surface area is 160 Å². The number of nitrogen functional groups attached to an aromatic ring is 1. The van der Waals surface area contributed by atoms with E-state index >= 15 is 0 Å². The standard InChI is InChI=1S/C21H18FN3O3/c22-20-16(4-3-5-17(20)23)13-25-12-15-8-7-14(10-18(15)28-21(25)27)11-24-9-2-1-6-19(24)26/h1-10H,11-13,23H2. The number of halogens is 1. The summed E-state index contributed by atoms with van der Waals surface area (Å²) in [4.78, 5) is 25.7. The van der Waals surface area contributed by atoms with E-state index in [0.717, 1.165) is 11.1 Å². The number of ether oxygens (including phenoxy) is 1. The molecule has 0 saturated heterocycles. The summed E-state index contributed by atoms with van der Waals surface area (Å²) >= 11 is 0. The summed E-state index contributed by atoms with van der Waals surface area (Å²) < 4.78 is 21.2. The topological polar surface area (TPSA) is 77.6 Å². The van der Waals surface area contributed by atoms with E-state index in [-0.39, 0.29) is 17.8 Å². The minimum atomic E-state index is -0.552. The van der Waals surface area contributed by atoms with Crippen molar-refractivity contribution in [2.24, 2.45) is 0 Å². The lowest BCUT2D eigenvalue weighted by atomic mass is 10.1. The molecule has 28 heavy (non-hydrogen) atoms. The number of anilines is 1. The van der Waals surface area contributed by atoms with Crippen molar-refractivity contribution in [3.8, 4) is 5.75 Å². The van der Waals surface area contributed by atoms with Crippen LogP contribution in [0.15, 0.2) is 65.6 Å². The smallest absolute Gasteiger partial charge is 0.410 e. The molecule has 142 valence electrons. The average molecular weight is 379 g/mol. The molecule has 7 heteroatoms. The fraction of sp³-hybridized carbons (Fsp3) is 0.143. The van der Waals surface area contributed by atoms with Crippen molar-refractivity contribution in [1.29, 1.82) is 0 Å². The molecule has 2 N–H and O–H groups in total. The molecule has 6 nitrogen and oxygen atoms in total. The van der Waals surface area contributed by atoms with Crippen LogP contribution >= 0.6 is 0 Å². The fourth-order valence-corrected chi connectivity index (χ4v) is 3.19. The Morgan fingerprint density at radius 2 is 1.89 bits per heavy atom. The van der Waals surface area contributed by atoms with Gasteiger partial charge in [-0.1, -0.05) is 30.3 Å². The first-order chi connectivity index (χ1) is 13.5. The highest BCUT2D eigenvalue weighted by Crippen LogP contribution is 2.29. The van der Waals surface area contributed by atoms with Crippen LogP contribution in [0.3, 0.4) is 0 Å². The van der Waals surface area contributed by atoms with Gasteiger partial charge in [0.05, 0.1) is 25.3 Å². The Balaban J connectivity index is 1.54. The van der Waals surface area contributed by atoms with Gasteiger partial charge in [-0.15, -0.1) is 0 Å². The maximum Gasteiger partial charge on any atom is 0.415 e. The third-order valence-electron chi connectivity index (χ3n) is 4.67. The molecule has 2 aromatic carbocycles. The summed E-state index contributed by atoms with van der Waals surface area (Å²) in [6, 6.07) is 15.2. The number of fused-ring (bicyclic) bond motifs is 1. The summed E-state index contributed by atoms with van der Waals surface area (Å²) in [6.45, 7) is 0.743. The number of carbonyl (C=O) groups excluding carboxylic acids is 1. The third-order valence-corrected chi connectivity index (χ3v) is 4.67. The zero-order valence-corrected chi connectivity index (χ0v) is 15.0. The molecule has 0 fully saturated rings. The number of nitrogens with zero attached hydrogens (tertiary/aromatic N) is 2. The third kappa shape index (κ3) is 3.46. The molecule has 3 aromatic rings. The van der Waals surface area contributed by atoms with Gasteiger partial charge in [-0.3, -0.25) is 9.69 Å². The van der Waals surface area contributed by atoms with E-state index in [9.17, 15) is 14.0 Å². The molecular formula is C21H18FN3O3. The van der Waals surface area contributed by atoms with E-state index in [4.69, 9.17) is 10.5 Å². The summed E-state index contributed by atoms with van der Waals surface area (Å²) in [7, 11) is 0. The lowest BCUT2D eigenvalue weighted by molar-refractivity contribution is 0.134. The first-order valence-corrected chi connectivity index (χ1v) is 8.78. The van der Waals surface area contributed by atoms with Crippen molar-refractivity contribution in [2.75, 3.05) is 5.73 Å². The van der Waals surface area contributed by atoms with Gasteiger partial charge in [0.25, 0.3) is 5.56 Å². The van der Waals surface area contributed by atoms with Crippen molar-refractivity contribution in [3.63, 3.8) is 0 Å². The number of carbonyl (C=O) groups is 1. The van der Waals surface area contributed by atoms with E-state index in [1.165, 1.54) is 17.0 Å². The average Bonchev–Trinajstić information content (AvgIpc) is 2.68. The van der Waals surface area contributed by atoms with Gasteiger partial charge in [-0.25, -0.2) is 9.18 Å². The molecule has 4 rings (SSSR count). The predicted molar refractivity (Wildman–Crippen MR) is 102 cm³/mol. The van der Waals surface area contributed by atoms with E-state index in [2.05, 4.69) is 0 Å². The Bertz CT molecular complexity index is 1110. The molecule has 1 aromatic heterocycles. The molecular weight excluding hydrogens is 361 g/mol. The van der Waals surface area contributed by atoms with Crippen molar-refractivity contribution in [2.45, 2.75) is 19.6 Å². The molecule has 0 bridgehead atoms. The van der Waals surface area contributed by atoms with E-state index in [1.54, 1.807) is 41.1 Å². The second-order valence-corrected chi connectivity index (χ2v) is 6.65. The number of aromatic nitrogens is 1. The normalized spacial score (nSPS) is 13.2. The Morgan fingerprint density at radius 3 is 2.71 bits per heavy atom. The highest BCUT2D eigenvalue weighted by molar-refractivity contribution is 5.73. The largest absolute Gasteiger partial charge is 0.415 e. The van der Waals surface area contributed by atoms with Gasteiger partial charge in [-0.2, -0.15) is 0 Å². The highest BCUT2D eigenvalue weighted by Gasteiger charge is 2.26. The lowest BCUT2D eigenvalue weighted by Gasteiger charge is -2.28. The molecule has 1 aliphatic heterocycles. The first kappa shape index (κ1) is 17.8. The zero-order chi connectivity index (χ0) is 19.7. The van der Waals surface area contributed by atoms with Gasteiger partial charge in [-0.05, 0) is 23.8 Å². The van der Waals surface area contributed by atoms with E-state index in [0.29, 0.717) is 24.4 Å². The Morgan fingerprint density at radius 1 is 1.04 bits per heavy atom. The SMILES string of the molecule is Nc1cccc(CN2Cc3ccc(Cn4ccccc4=O)cc3OC2=O)c1F. The van der Waals surface area contributed by atoms with Gasteiger partial charge in [0.2, 0.25) is 0 Å². The van der Waals surface area contributed by atoms with Crippen LogP contribution < -0.4 is 16.0 Å². The number of nitrogens with two attached hydrogens (primary N) is 1. The Hall–Kier alpha value is -3.61. The van der Waals surface area contributed by atoms with Crippen LogP contribution in [-0.4, -0.2) is 15.6 Å². The van der Waals surface area contributed by atoms with Gasteiger partial charge in [0.15, 0.2) is 5.82 Å². The van der Waals surface area contributed by atoms with Crippen molar-refractivity contribution >= 4 is 11.8 Å². The summed E-state index contributed by atoms with van der Waals surface area (Å²) in [5.41, 5.74) is 7.52. The highest BCUT2D eigenvalue weighted by atomic mass is 19.1. The summed E-state index contributed by atoms with van der Waals surface area (Å²) in [5, 5.41) is 0. The quantitative estimate of drug-likeness (QED) is 0.707. The Kier molecular flexibility index (Phi) is 4.57. The predicted octanol–water partition coefficient (Wildman–Crippen LogP) is 3.13. The van der Waals surface area contributed by atoms with Gasteiger partial charge in [0.1, 0.15) is 5.75 Å². The summed E-state index contributed by atoms with van der Waals surface area (Å²) in [6.07, 6.45) is 1.15. The van der Waals surface area contributed by atoms with Crippen LogP contribution in [0, 0.1) is 5.82 Å². The number of benzene rings is 2. The van der Waals surface area contributed by atoms with Crippen LogP contribution in [0.2, 0.25) is 0 Å². The van der Waals surface area contributed by atoms with Crippen LogP contribution in [0.1, 0.15) is 16.7 Å². The minimum absolute atomic E-state index is 0.0454. The van der Waals surface area contributed by atoms with Crippen LogP contribution in [0.25, 0.3) is 0 Å². The molecule has 0 atom stereocenters. The molecule has 0 unspecified atom stereocenters. The van der Waals surface area contributed by atoms with Gasteiger partial charge >= 0.3 is 6.09 Å². The van der Waals surface area contributed by atoms with Crippen LogP contribution in [0.4, 0.5) is 14.9 Å². The van der Waals surface area contributed by atoms with E-state index < -0.39 is 11.9 Å². The maximum absolute atomic E-state index is 14.1. The first-order valence-electron chi connectivity index (χ1n) is 8.78. The van der Waals surface area contributed by atoms with Gasteiger partial charge in [0, 0.05) is 23.4 Å². The molecule has 2 heterocycles. The molecule has 0 saturated carbocycles. The van der Waals surface area contributed by atoms with Crippen LogP contribution in [-0.2, 0) is 19.6 Å². The molecule has 0 radical (unpaired) electrons. The van der Waals surface area contributed by atoms with Crippen molar-refractivity contribution < 1.29 is 13.9 Å². The summed E-state index contributed by atoms with van der Waals surface area (Å²) in [5.74, 6) is -0.0690. The number of rotatable bonds is 4. The number of pyridine rings is 1. The van der Waals surface area contributed by atoms with Crippen molar-refractivity contribution in [1.82, 2.24) is 9.47 Å². The number of hydrogen-bond donors (Lipinski definition) is 1. The number of amides is 1. The molecule has 0 spiro atoms. The van der Waals surface area contributed by atoms with Crippen molar-refractivity contribution in [3.05, 3.63) is 93.7 Å². The monoisotopic (exact) mass is 379 g/mol. The zero-order valence-electron chi connectivity index (χ0n) is 15.0.